The molecule has 0 saturated carbocycles. The van der Waals surface area contributed by atoms with E-state index in [9.17, 15) is 5.11 Å². The third-order valence-corrected chi connectivity index (χ3v) is 4.16. The normalized spacial score (nSPS) is 22.6. The highest BCUT2D eigenvalue weighted by Gasteiger charge is 2.52. The van der Waals surface area contributed by atoms with E-state index >= 15 is 0 Å². The quantitative estimate of drug-likeness (QED) is 0.845. The molecular formula is C13H19BClNO3. The minimum absolute atomic E-state index is 0.421. The maximum atomic E-state index is 9.60. The van der Waals surface area contributed by atoms with Gasteiger partial charge in [-0.1, -0.05) is 11.6 Å². The van der Waals surface area contributed by atoms with Crippen LogP contribution in [0.4, 0.5) is 0 Å². The third kappa shape index (κ3) is 2.65. The van der Waals surface area contributed by atoms with Crippen molar-refractivity contribution in [2.24, 2.45) is 0 Å². The molecule has 1 unspecified atom stereocenters. The fraction of sp³-hybridized carbons (Fsp3) is 0.615. The maximum absolute atomic E-state index is 9.60. The standard InChI is InChI=1S/C13H19BClNO3/c1-8(17)11-6-9(10(15)7-16-11)14-18-12(2,3)13(4,5)19-14/h6-8,17H,1-5H3. The molecule has 2 heterocycles. The molecular weight excluding hydrogens is 264 g/mol. The summed E-state index contributed by atoms with van der Waals surface area (Å²) in [6.45, 7) is 9.59. The van der Waals surface area contributed by atoms with Crippen LogP contribution >= 0.6 is 11.6 Å². The fourth-order valence-corrected chi connectivity index (χ4v) is 2.04. The van der Waals surface area contributed by atoms with Gasteiger partial charge in [0.05, 0.1) is 28.0 Å². The Kier molecular flexibility index (Phi) is 3.69. The van der Waals surface area contributed by atoms with Crippen molar-refractivity contribution in [3.05, 3.63) is 23.0 Å². The number of hydrogen-bond acceptors (Lipinski definition) is 4. The van der Waals surface area contributed by atoms with Gasteiger partial charge in [0.1, 0.15) is 0 Å². The predicted molar refractivity (Wildman–Crippen MR) is 75.6 cm³/mol. The highest BCUT2D eigenvalue weighted by molar-refractivity contribution is 6.65. The molecule has 0 aromatic carbocycles. The average molecular weight is 284 g/mol. The lowest BCUT2D eigenvalue weighted by atomic mass is 9.79. The van der Waals surface area contributed by atoms with Gasteiger partial charge < -0.3 is 14.4 Å². The molecule has 4 nitrogen and oxygen atoms in total. The summed E-state index contributed by atoms with van der Waals surface area (Å²) in [6.07, 6.45) is 0.864. The van der Waals surface area contributed by atoms with E-state index in [1.807, 2.05) is 27.7 Å². The van der Waals surface area contributed by atoms with E-state index in [2.05, 4.69) is 4.98 Å². The van der Waals surface area contributed by atoms with Gasteiger partial charge in [0.25, 0.3) is 0 Å². The summed E-state index contributed by atoms with van der Waals surface area (Å²) in [6, 6.07) is 1.73. The second-order valence-electron chi connectivity index (χ2n) is 5.89. The van der Waals surface area contributed by atoms with Crippen molar-refractivity contribution in [3.8, 4) is 0 Å². The highest BCUT2D eigenvalue weighted by atomic mass is 35.5. The van der Waals surface area contributed by atoms with Crippen molar-refractivity contribution in [1.29, 1.82) is 0 Å². The molecule has 104 valence electrons. The summed E-state index contributed by atoms with van der Waals surface area (Å²) in [5.41, 5.74) is 0.408. The van der Waals surface area contributed by atoms with Crippen molar-refractivity contribution in [2.75, 3.05) is 0 Å². The van der Waals surface area contributed by atoms with Crippen molar-refractivity contribution in [2.45, 2.75) is 51.9 Å². The minimum atomic E-state index is -0.654. The summed E-state index contributed by atoms with van der Waals surface area (Å²) in [7, 11) is -0.544. The van der Waals surface area contributed by atoms with Crippen molar-refractivity contribution >= 4 is 24.2 Å². The van der Waals surface area contributed by atoms with E-state index in [4.69, 9.17) is 20.9 Å². The zero-order valence-electron chi connectivity index (χ0n) is 11.9. The zero-order chi connectivity index (χ0) is 14.4. The number of nitrogens with zero attached hydrogens (tertiary/aromatic N) is 1. The Morgan fingerprint density at radius 2 is 1.79 bits per heavy atom. The summed E-state index contributed by atoms with van der Waals surface area (Å²) in [5.74, 6) is 0. The Balaban J connectivity index is 2.36. The monoisotopic (exact) mass is 283 g/mol. The molecule has 1 atom stereocenters. The summed E-state index contributed by atoms with van der Waals surface area (Å²) < 4.78 is 11.9. The first-order valence-electron chi connectivity index (χ1n) is 6.33. The maximum Gasteiger partial charge on any atom is 0.496 e. The Hall–Kier alpha value is -0.615. The molecule has 1 aliphatic rings. The minimum Gasteiger partial charge on any atom is -0.399 e. The van der Waals surface area contributed by atoms with E-state index in [0.29, 0.717) is 16.2 Å². The summed E-state index contributed by atoms with van der Waals surface area (Å²) in [4.78, 5) is 4.09. The van der Waals surface area contributed by atoms with Crippen molar-refractivity contribution in [1.82, 2.24) is 4.98 Å². The molecule has 6 heteroatoms. The zero-order valence-corrected chi connectivity index (χ0v) is 12.7. The van der Waals surface area contributed by atoms with Gasteiger partial charge in [-0.05, 0) is 40.7 Å². The van der Waals surface area contributed by atoms with Crippen LogP contribution in [0.3, 0.4) is 0 Å². The van der Waals surface area contributed by atoms with Crippen molar-refractivity contribution in [3.63, 3.8) is 0 Å². The lowest BCUT2D eigenvalue weighted by Crippen LogP contribution is -2.41. The molecule has 1 aromatic rings. The topological polar surface area (TPSA) is 51.6 Å². The number of pyridine rings is 1. The molecule has 0 spiro atoms. The molecule has 0 amide bonds. The third-order valence-electron chi connectivity index (χ3n) is 3.84. The van der Waals surface area contributed by atoms with Crippen LogP contribution in [0.5, 0.6) is 0 Å². The van der Waals surface area contributed by atoms with Gasteiger partial charge >= 0.3 is 7.12 Å². The Morgan fingerprint density at radius 1 is 1.26 bits per heavy atom. The molecule has 1 aliphatic heterocycles. The van der Waals surface area contributed by atoms with E-state index in [1.54, 1.807) is 13.0 Å². The molecule has 0 aliphatic carbocycles. The van der Waals surface area contributed by atoms with E-state index in [-0.39, 0.29) is 0 Å². The number of aliphatic hydroxyl groups is 1. The number of halogens is 1. The molecule has 1 N–H and O–H groups in total. The molecule has 0 bridgehead atoms. The molecule has 2 rings (SSSR count). The van der Waals surface area contributed by atoms with Crippen molar-refractivity contribution < 1.29 is 14.4 Å². The highest BCUT2D eigenvalue weighted by Crippen LogP contribution is 2.37. The lowest BCUT2D eigenvalue weighted by molar-refractivity contribution is 0.00578. The van der Waals surface area contributed by atoms with Crippen LogP contribution in [0.1, 0.15) is 46.4 Å². The first-order chi connectivity index (χ1) is 8.64. The van der Waals surface area contributed by atoms with Gasteiger partial charge in [0.15, 0.2) is 0 Å². The second kappa shape index (κ2) is 4.74. The molecule has 1 aromatic heterocycles. The average Bonchev–Trinajstić information content (AvgIpc) is 2.48. The van der Waals surface area contributed by atoms with Gasteiger partial charge in [-0.25, -0.2) is 0 Å². The Morgan fingerprint density at radius 3 is 2.26 bits per heavy atom. The number of rotatable bonds is 2. The summed E-state index contributed by atoms with van der Waals surface area (Å²) >= 11 is 6.16. The van der Waals surface area contributed by atoms with E-state index in [1.165, 1.54) is 6.20 Å². The smallest absolute Gasteiger partial charge is 0.399 e. The van der Waals surface area contributed by atoms with Crippen LogP contribution in [-0.2, 0) is 9.31 Å². The molecule has 1 fully saturated rings. The fourth-order valence-electron chi connectivity index (χ4n) is 1.85. The van der Waals surface area contributed by atoms with Gasteiger partial charge in [-0.2, -0.15) is 0 Å². The van der Waals surface area contributed by atoms with E-state index in [0.717, 1.165) is 0 Å². The Labute approximate surface area is 119 Å². The van der Waals surface area contributed by atoms with Gasteiger partial charge in [-0.3, -0.25) is 4.98 Å². The second-order valence-corrected chi connectivity index (χ2v) is 6.30. The molecule has 0 radical (unpaired) electrons. The predicted octanol–water partition coefficient (Wildman–Crippen LogP) is 2.09. The van der Waals surface area contributed by atoms with Crippen LogP contribution in [0.25, 0.3) is 0 Å². The molecule has 19 heavy (non-hydrogen) atoms. The number of aromatic nitrogens is 1. The molecule has 1 saturated heterocycles. The first-order valence-corrected chi connectivity index (χ1v) is 6.71. The number of hydrogen-bond donors (Lipinski definition) is 1. The van der Waals surface area contributed by atoms with Gasteiger partial charge in [0.2, 0.25) is 0 Å². The van der Waals surface area contributed by atoms with Gasteiger partial charge in [0, 0.05) is 11.7 Å². The number of aliphatic hydroxyl groups excluding tert-OH is 1. The van der Waals surface area contributed by atoms with E-state index < -0.39 is 24.4 Å². The summed E-state index contributed by atoms with van der Waals surface area (Å²) in [5, 5.41) is 10.1. The van der Waals surface area contributed by atoms with Crippen LogP contribution < -0.4 is 5.46 Å². The van der Waals surface area contributed by atoms with Crippen LogP contribution in [0, 0.1) is 0 Å². The SMILES string of the molecule is CC(O)c1cc(B2OC(C)(C)C(C)(C)O2)c(Cl)cn1. The lowest BCUT2D eigenvalue weighted by Gasteiger charge is -2.32. The van der Waals surface area contributed by atoms with Gasteiger partial charge in [-0.15, -0.1) is 0 Å². The van der Waals surface area contributed by atoms with Crippen LogP contribution in [0.2, 0.25) is 5.02 Å². The first kappa shape index (κ1) is 14.8. The van der Waals surface area contributed by atoms with Crippen LogP contribution in [-0.4, -0.2) is 28.4 Å². The Bertz CT molecular complexity index is 475. The largest absolute Gasteiger partial charge is 0.496 e. The van der Waals surface area contributed by atoms with Crippen LogP contribution in [0.15, 0.2) is 12.3 Å².